The summed E-state index contributed by atoms with van der Waals surface area (Å²) in [6.07, 6.45) is 0. The Morgan fingerprint density at radius 2 is 1.94 bits per heavy atom. The fraction of sp³-hybridized carbons (Fsp3) is 0.182. The summed E-state index contributed by atoms with van der Waals surface area (Å²) in [5.41, 5.74) is 2.61. The second-order valence-corrected chi connectivity index (χ2v) is 7.77. The first kappa shape index (κ1) is 12.6. The number of thioether (sulfide) groups is 1. The minimum Gasteiger partial charge on any atom is -0.108 e. The van der Waals surface area contributed by atoms with E-state index in [1.54, 1.807) is 32.4 Å². The zero-order chi connectivity index (χ0) is 11.5. The Morgan fingerprint density at radius 1 is 1.25 bits per heavy atom. The normalized spacial score (nSPS) is 10.6. The molecular formula is C11H9ClS4. The van der Waals surface area contributed by atoms with Crippen molar-refractivity contribution in [3.63, 3.8) is 0 Å². The van der Waals surface area contributed by atoms with Crippen molar-refractivity contribution in [2.75, 3.05) is 0 Å². The molecule has 0 aliphatic heterocycles. The predicted molar refractivity (Wildman–Crippen MR) is 78.8 cm³/mol. The molecular weight excluding hydrogens is 296 g/mol. The maximum Gasteiger partial charge on any atom is 0.121 e. The van der Waals surface area contributed by atoms with Gasteiger partial charge in [-0.2, -0.15) is 0 Å². The van der Waals surface area contributed by atoms with Crippen LogP contribution in [-0.2, 0) is 5.75 Å². The molecule has 0 atom stereocenters. The largest absolute Gasteiger partial charge is 0.121 e. The number of rotatable bonds is 3. The van der Waals surface area contributed by atoms with Crippen LogP contribution in [0.15, 0.2) is 28.5 Å². The molecule has 5 heteroatoms. The number of hydrogen-bond acceptors (Lipinski definition) is 4. The highest BCUT2D eigenvalue weighted by atomic mass is 35.5. The third kappa shape index (κ3) is 3.08. The first-order chi connectivity index (χ1) is 7.66. The minimum absolute atomic E-state index is 0.752. The van der Waals surface area contributed by atoms with E-state index < -0.39 is 0 Å². The van der Waals surface area contributed by atoms with E-state index in [9.17, 15) is 0 Å². The Labute approximate surface area is 117 Å². The molecule has 0 N–H and O–H groups in total. The maximum absolute atomic E-state index is 6.10. The van der Waals surface area contributed by atoms with Gasteiger partial charge in [0.1, 0.15) is 3.82 Å². The van der Waals surface area contributed by atoms with Crippen molar-refractivity contribution < 1.29 is 0 Å². The van der Waals surface area contributed by atoms with Crippen molar-refractivity contribution in [1.29, 1.82) is 0 Å². The van der Waals surface area contributed by atoms with E-state index in [0.29, 0.717) is 0 Å². The lowest BCUT2D eigenvalue weighted by molar-refractivity contribution is 1.36. The van der Waals surface area contributed by atoms with Crippen molar-refractivity contribution in [1.82, 2.24) is 0 Å². The van der Waals surface area contributed by atoms with Crippen LogP contribution >= 0.6 is 56.3 Å². The molecule has 1 heterocycles. The van der Waals surface area contributed by atoms with Crippen LogP contribution in [0, 0.1) is 10.7 Å². The standard InChI is InChI=1S/C11H9ClS4/c1-7-2-4-8(5-3-7)6-14-11-9(12)10(13)15-16-11/h2-5H,6H2,1H3. The van der Waals surface area contributed by atoms with Crippen LogP contribution in [-0.4, -0.2) is 0 Å². The molecule has 0 fully saturated rings. The summed E-state index contributed by atoms with van der Waals surface area (Å²) in [4.78, 5) is 0. The molecule has 0 amide bonds. The summed E-state index contributed by atoms with van der Waals surface area (Å²) < 4.78 is 1.94. The Kier molecular flexibility index (Phi) is 4.44. The highest BCUT2D eigenvalue weighted by molar-refractivity contribution is 8.02. The minimum atomic E-state index is 0.752. The maximum atomic E-state index is 6.10. The summed E-state index contributed by atoms with van der Waals surface area (Å²) in [7, 11) is 3.24. The molecule has 0 aliphatic carbocycles. The quantitative estimate of drug-likeness (QED) is 0.400. The van der Waals surface area contributed by atoms with E-state index in [-0.39, 0.29) is 0 Å². The molecule has 0 bridgehead atoms. The van der Waals surface area contributed by atoms with Crippen LogP contribution in [0.4, 0.5) is 0 Å². The average Bonchev–Trinajstić information content (AvgIpc) is 2.60. The molecule has 0 spiro atoms. The molecule has 0 unspecified atom stereocenters. The highest BCUT2D eigenvalue weighted by Gasteiger charge is 2.06. The molecule has 2 aromatic rings. The molecule has 0 saturated carbocycles. The van der Waals surface area contributed by atoms with E-state index in [2.05, 4.69) is 31.2 Å². The van der Waals surface area contributed by atoms with Gasteiger partial charge in [-0.15, -0.1) is 11.8 Å². The van der Waals surface area contributed by atoms with Crippen molar-refractivity contribution >= 4 is 56.3 Å². The van der Waals surface area contributed by atoms with Crippen molar-refractivity contribution in [3.8, 4) is 0 Å². The zero-order valence-electron chi connectivity index (χ0n) is 8.53. The van der Waals surface area contributed by atoms with Gasteiger partial charge in [0.25, 0.3) is 0 Å². The number of benzene rings is 1. The van der Waals surface area contributed by atoms with Crippen LogP contribution in [0.5, 0.6) is 0 Å². The average molecular weight is 305 g/mol. The first-order valence-corrected chi connectivity index (χ1v) is 8.56. The van der Waals surface area contributed by atoms with Gasteiger partial charge in [-0.1, -0.05) is 74.3 Å². The summed E-state index contributed by atoms with van der Waals surface area (Å²) >= 11 is 13.0. The van der Waals surface area contributed by atoms with Crippen LogP contribution < -0.4 is 0 Å². The van der Waals surface area contributed by atoms with E-state index in [1.807, 2.05) is 0 Å². The SMILES string of the molecule is Cc1ccc(CSc2ssc(=S)c2Cl)cc1. The van der Waals surface area contributed by atoms with Crippen molar-refractivity contribution in [2.45, 2.75) is 16.9 Å². The summed E-state index contributed by atoms with van der Waals surface area (Å²) in [5.74, 6) is 0.946. The molecule has 16 heavy (non-hydrogen) atoms. The van der Waals surface area contributed by atoms with Crippen LogP contribution in [0.2, 0.25) is 5.02 Å². The lowest BCUT2D eigenvalue weighted by atomic mass is 10.2. The highest BCUT2D eigenvalue weighted by Crippen LogP contribution is 2.38. The first-order valence-electron chi connectivity index (χ1n) is 4.64. The van der Waals surface area contributed by atoms with E-state index in [4.69, 9.17) is 23.8 Å². The fourth-order valence-electron chi connectivity index (χ4n) is 1.15. The molecule has 1 aromatic carbocycles. The van der Waals surface area contributed by atoms with Gasteiger partial charge >= 0.3 is 0 Å². The Morgan fingerprint density at radius 3 is 2.50 bits per heavy atom. The Balaban J connectivity index is 2.05. The third-order valence-electron chi connectivity index (χ3n) is 2.04. The van der Waals surface area contributed by atoms with Crippen LogP contribution in [0.1, 0.15) is 11.1 Å². The lowest BCUT2D eigenvalue weighted by Crippen LogP contribution is -1.79. The molecule has 2 rings (SSSR count). The molecule has 0 radical (unpaired) electrons. The monoisotopic (exact) mass is 304 g/mol. The number of aryl methyl sites for hydroxylation is 1. The smallest absolute Gasteiger partial charge is 0.108 e. The fourth-order valence-corrected chi connectivity index (χ4v) is 5.77. The lowest BCUT2D eigenvalue weighted by Gasteiger charge is -2.00. The molecule has 0 saturated heterocycles. The Hall–Kier alpha value is 0.130. The predicted octanol–water partition coefficient (Wildman–Crippen LogP) is 5.79. The van der Waals surface area contributed by atoms with Gasteiger partial charge in [-0.05, 0) is 12.5 Å². The Bertz CT molecular complexity index is 524. The number of hydrogen-bond donors (Lipinski definition) is 0. The summed E-state index contributed by atoms with van der Waals surface area (Å²) in [5, 5.41) is 0.752. The van der Waals surface area contributed by atoms with E-state index in [0.717, 1.165) is 18.8 Å². The van der Waals surface area contributed by atoms with Gasteiger partial charge in [-0.25, -0.2) is 0 Å². The second kappa shape index (κ2) is 5.65. The van der Waals surface area contributed by atoms with E-state index >= 15 is 0 Å². The molecule has 0 nitrogen and oxygen atoms in total. The van der Waals surface area contributed by atoms with Crippen molar-refractivity contribution in [2.24, 2.45) is 0 Å². The van der Waals surface area contributed by atoms with Crippen LogP contribution in [0.25, 0.3) is 0 Å². The van der Waals surface area contributed by atoms with Gasteiger partial charge in [-0.3, -0.25) is 0 Å². The molecule has 1 aromatic heterocycles. The molecule has 84 valence electrons. The van der Waals surface area contributed by atoms with Gasteiger partial charge in [0.05, 0.1) is 9.23 Å². The summed E-state index contributed by atoms with van der Waals surface area (Å²) in [6, 6.07) is 8.57. The molecule has 0 aliphatic rings. The van der Waals surface area contributed by atoms with Crippen molar-refractivity contribution in [3.05, 3.63) is 44.2 Å². The third-order valence-corrected chi connectivity index (χ3v) is 7.55. The topological polar surface area (TPSA) is 0 Å². The van der Waals surface area contributed by atoms with Gasteiger partial charge in [0.2, 0.25) is 0 Å². The van der Waals surface area contributed by atoms with Gasteiger partial charge < -0.3 is 0 Å². The number of halogens is 1. The van der Waals surface area contributed by atoms with Crippen LogP contribution in [0.3, 0.4) is 0 Å². The van der Waals surface area contributed by atoms with E-state index in [1.165, 1.54) is 11.1 Å². The van der Waals surface area contributed by atoms with Gasteiger partial charge in [0, 0.05) is 5.75 Å². The zero-order valence-corrected chi connectivity index (χ0v) is 12.5. The van der Waals surface area contributed by atoms with Gasteiger partial charge in [0.15, 0.2) is 0 Å². The second-order valence-electron chi connectivity index (χ2n) is 3.33. The summed E-state index contributed by atoms with van der Waals surface area (Å²) in [6.45, 7) is 2.10.